The molecule has 10 heteroatoms. The van der Waals surface area contributed by atoms with Gasteiger partial charge < -0.3 is 14.8 Å². The van der Waals surface area contributed by atoms with Crippen LogP contribution in [0.3, 0.4) is 0 Å². The molecule has 0 saturated carbocycles. The molecule has 1 atom stereocenters. The van der Waals surface area contributed by atoms with E-state index in [1.807, 2.05) is 6.20 Å². The second kappa shape index (κ2) is 7.00. The summed E-state index contributed by atoms with van der Waals surface area (Å²) in [4.78, 5) is 17.4. The van der Waals surface area contributed by atoms with E-state index < -0.39 is 11.9 Å². The Hall–Kier alpha value is -2.52. The number of imidazole rings is 1. The molecule has 0 aromatic carbocycles. The molecule has 2 aromatic heterocycles. The Morgan fingerprint density at radius 3 is 2.85 bits per heavy atom. The van der Waals surface area contributed by atoms with Crippen molar-refractivity contribution < 1.29 is 18.0 Å². The summed E-state index contributed by atoms with van der Waals surface area (Å²) in [7, 11) is 3.48. The molecule has 0 aliphatic carbocycles. The van der Waals surface area contributed by atoms with Crippen LogP contribution in [0.25, 0.3) is 0 Å². The summed E-state index contributed by atoms with van der Waals surface area (Å²) in [5, 5.41) is 6.85. The van der Waals surface area contributed by atoms with E-state index in [4.69, 9.17) is 0 Å². The number of fused-ring (bicyclic) bond motifs is 1. The average molecular weight is 370 g/mol. The van der Waals surface area contributed by atoms with Crippen molar-refractivity contribution in [1.82, 2.24) is 29.5 Å². The number of aryl methyl sites for hydroxylation is 2. The van der Waals surface area contributed by atoms with E-state index in [9.17, 15) is 18.0 Å². The Balaban J connectivity index is 1.52. The minimum Gasteiger partial charge on any atom is -0.334 e. The van der Waals surface area contributed by atoms with E-state index in [1.54, 1.807) is 34.4 Å². The fourth-order valence-electron chi connectivity index (χ4n) is 3.15. The zero-order valence-electron chi connectivity index (χ0n) is 14.6. The molecule has 0 radical (unpaired) electrons. The fraction of sp³-hybridized carbons (Fsp3) is 0.562. The standard InChI is InChI=1S/C16H21F3N6O/c1-23(15(26)20-5-12-6-21-24(2)8-12)7-11-3-4-14-22-13(16(17,18)19)10-25(14)9-11/h6,8,10-11H,3-5,7,9H2,1-2H3,(H,20,26). The summed E-state index contributed by atoms with van der Waals surface area (Å²) in [5.41, 5.74) is 0.0466. The molecule has 0 saturated heterocycles. The lowest BCUT2D eigenvalue weighted by Gasteiger charge is -2.28. The van der Waals surface area contributed by atoms with Crippen molar-refractivity contribution in [1.29, 1.82) is 0 Å². The van der Waals surface area contributed by atoms with E-state index in [0.29, 0.717) is 38.3 Å². The molecule has 3 rings (SSSR count). The Morgan fingerprint density at radius 1 is 1.42 bits per heavy atom. The minimum atomic E-state index is -4.43. The second-order valence-electron chi connectivity index (χ2n) is 6.66. The number of halogens is 3. The van der Waals surface area contributed by atoms with Crippen LogP contribution in [0.15, 0.2) is 18.6 Å². The number of rotatable bonds is 4. The monoisotopic (exact) mass is 370 g/mol. The third-order valence-corrected chi connectivity index (χ3v) is 4.46. The van der Waals surface area contributed by atoms with E-state index in [2.05, 4.69) is 15.4 Å². The number of nitrogens with one attached hydrogen (secondary N) is 1. The first-order chi connectivity index (χ1) is 12.2. The van der Waals surface area contributed by atoms with Crippen molar-refractivity contribution in [2.75, 3.05) is 13.6 Å². The summed E-state index contributed by atoms with van der Waals surface area (Å²) in [6.07, 6.45) is 1.31. The van der Waals surface area contributed by atoms with Gasteiger partial charge in [0.05, 0.1) is 6.20 Å². The normalized spacial score (nSPS) is 17.0. The number of carbonyl (C=O) groups is 1. The first-order valence-corrected chi connectivity index (χ1v) is 8.32. The summed E-state index contributed by atoms with van der Waals surface area (Å²) >= 11 is 0. The van der Waals surface area contributed by atoms with Gasteiger partial charge in [-0.1, -0.05) is 0 Å². The third-order valence-electron chi connectivity index (χ3n) is 4.46. The van der Waals surface area contributed by atoms with Crippen molar-refractivity contribution in [3.05, 3.63) is 35.7 Å². The van der Waals surface area contributed by atoms with Crippen LogP contribution in [-0.2, 0) is 32.7 Å². The van der Waals surface area contributed by atoms with E-state index >= 15 is 0 Å². The molecule has 142 valence electrons. The predicted octanol–water partition coefficient (Wildman–Crippen LogP) is 2.04. The van der Waals surface area contributed by atoms with Crippen LogP contribution < -0.4 is 5.32 Å². The molecule has 0 spiro atoms. The number of nitrogens with zero attached hydrogens (tertiary/aromatic N) is 5. The van der Waals surface area contributed by atoms with Crippen LogP contribution >= 0.6 is 0 Å². The van der Waals surface area contributed by atoms with Gasteiger partial charge in [0.2, 0.25) is 0 Å². The molecule has 26 heavy (non-hydrogen) atoms. The molecule has 1 unspecified atom stereocenters. The van der Waals surface area contributed by atoms with Gasteiger partial charge in [0.1, 0.15) is 5.82 Å². The number of alkyl halides is 3. The Kier molecular flexibility index (Phi) is 4.92. The van der Waals surface area contributed by atoms with Gasteiger partial charge in [-0.05, 0) is 12.3 Å². The predicted molar refractivity (Wildman–Crippen MR) is 87.1 cm³/mol. The van der Waals surface area contributed by atoms with Crippen molar-refractivity contribution in [3.8, 4) is 0 Å². The highest BCUT2D eigenvalue weighted by molar-refractivity contribution is 5.73. The van der Waals surface area contributed by atoms with Crippen LogP contribution in [0.4, 0.5) is 18.0 Å². The van der Waals surface area contributed by atoms with Crippen molar-refractivity contribution >= 4 is 6.03 Å². The number of hydrogen-bond acceptors (Lipinski definition) is 3. The summed E-state index contributed by atoms with van der Waals surface area (Å²) in [5.74, 6) is 0.546. The van der Waals surface area contributed by atoms with Crippen molar-refractivity contribution in [2.45, 2.75) is 32.1 Å². The number of hydrogen-bond donors (Lipinski definition) is 1. The van der Waals surface area contributed by atoms with Gasteiger partial charge >= 0.3 is 12.2 Å². The first-order valence-electron chi connectivity index (χ1n) is 8.32. The van der Waals surface area contributed by atoms with E-state index in [0.717, 1.165) is 11.8 Å². The zero-order chi connectivity index (χ0) is 18.9. The van der Waals surface area contributed by atoms with Crippen LogP contribution in [0.1, 0.15) is 23.5 Å². The fourth-order valence-corrected chi connectivity index (χ4v) is 3.15. The molecule has 0 bridgehead atoms. The third kappa shape index (κ3) is 4.17. The highest BCUT2D eigenvalue weighted by atomic mass is 19.4. The second-order valence-corrected chi connectivity index (χ2v) is 6.66. The van der Waals surface area contributed by atoms with Crippen LogP contribution in [0, 0.1) is 5.92 Å². The molecule has 1 aliphatic heterocycles. The molecule has 1 N–H and O–H groups in total. The maximum atomic E-state index is 12.8. The highest BCUT2D eigenvalue weighted by Crippen LogP contribution is 2.30. The van der Waals surface area contributed by atoms with Crippen molar-refractivity contribution in [2.24, 2.45) is 13.0 Å². The molecule has 7 nitrogen and oxygen atoms in total. The molecule has 1 aliphatic rings. The lowest BCUT2D eigenvalue weighted by molar-refractivity contribution is -0.141. The number of urea groups is 1. The van der Waals surface area contributed by atoms with Crippen LogP contribution in [-0.4, -0.2) is 43.9 Å². The molecular weight excluding hydrogens is 349 g/mol. The summed E-state index contributed by atoms with van der Waals surface area (Å²) in [6.45, 7) is 1.28. The van der Waals surface area contributed by atoms with E-state index in [1.165, 1.54) is 0 Å². The summed E-state index contributed by atoms with van der Waals surface area (Å²) < 4.78 is 41.5. The lowest BCUT2D eigenvalue weighted by atomic mass is 9.99. The van der Waals surface area contributed by atoms with Gasteiger partial charge in [-0.3, -0.25) is 4.68 Å². The molecule has 2 aromatic rings. The molecule has 0 fully saturated rings. The highest BCUT2D eigenvalue weighted by Gasteiger charge is 2.35. The maximum Gasteiger partial charge on any atom is 0.434 e. The van der Waals surface area contributed by atoms with Gasteiger partial charge in [0.25, 0.3) is 0 Å². The van der Waals surface area contributed by atoms with E-state index in [-0.39, 0.29) is 11.9 Å². The van der Waals surface area contributed by atoms with Crippen LogP contribution in [0.5, 0.6) is 0 Å². The van der Waals surface area contributed by atoms with Gasteiger partial charge in [-0.15, -0.1) is 0 Å². The van der Waals surface area contributed by atoms with Gasteiger partial charge in [-0.25, -0.2) is 9.78 Å². The Morgan fingerprint density at radius 2 is 2.19 bits per heavy atom. The lowest BCUT2D eigenvalue weighted by Crippen LogP contribution is -2.41. The molecule has 2 amide bonds. The Bertz CT molecular complexity index is 781. The van der Waals surface area contributed by atoms with Gasteiger partial charge in [0.15, 0.2) is 5.69 Å². The molecular formula is C16H21F3N6O. The quantitative estimate of drug-likeness (QED) is 0.896. The topological polar surface area (TPSA) is 68.0 Å². The zero-order valence-corrected chi connectivity index (χ0v) is 14.6. The Labute approximate surface area is 148 Å². The summed E-state index contributed by atoms with van der Waals surface area (Å²) in [6, 6.07) is -0.221. The van der Waals surface area contributed by atoms with Gasteiger partial charge in [-0.2, -0.15) is 18.3 Å². The maximum absolute atomic E-state index is 12.8. The largest absolute Gasteiger partial charge is 0.434 e. The minimum absolute atomic E-state index is 0.0897. The number of aromatic nitrogens is 4. The average Bonchev–Trinajstić information content (AvgIpc) is 3.17. The number of amides is 2. The first kappa shape index (κ1) is 18.3. The molecule has 3 heterocycles. The SMILES string of the molecule is CN(CC1CCc2nc(C(F)(F)F)cn2C1)C(=O)NCc1cnn(C)c1. The van der Waals surface area contributed by atoms with Gasteiger partial charge in [0, 0.05) is 58.1 Å². The van der Waals surface area contributed by atoms with Crippen LogP contribution in [0.2, 0.25) is 0 Å². The van der Waals surface area contributed by atoms with Crippen molar-refractivity contribution in [3.63, 3.8) is 0 Å². The smallest absolute Gasteiger partial charge is 0.334 e. The number of carbonyl (C=O) groups excluding carboxylic acids is 1.